The van der Waals surface area contributed by atoms with E-state index in [-0.39, 0.29) is 17.5 Å². The zero-order valence-electron chi connectivity index (χ0n) is 17.1. The number of rotatable bonds is 5. The Labute approximate surface area is 179 Å². The third-order valence-electron chi connectivity index (χ3n) is 5.81. The number of carbonyl (C=O) groups excluding carboxylic acids is 1. The Bertz CT molecular complexity index is 1070. The van der Waals surface area contributed by atoms with Gasteiger partial charge in [-0.05, 0) is 68.4 Å². The van der Waals surface area contributed by atoms with E-state index < -0.39 is 0 Å². The van der Waals surface area contributed by atoms with E-state index in [9.17, 15) is 9.18 Å². The van der Waals surface area contributed by atoms with Crippen LogP contribution in [0.2, 0.25) is 0 Å². The number of fused-ring (bicyclic) bond motifs is 1. The number of Topliss-reactive ketones (excluding diaryl/α,β-unsaturated/α-hetero) is 1. The van der Waals surface area contributed by atoms with Crippen molar-refractivity contribution in [3.8, 4) is 23.0 Å². The maximum atomic E-state index is 13.1. The van der Waals surface area contributed by atoms with Crippen LogP contribution in [0.5, 0.6) is 11.5 Å². The quantitative estimate of drug-likeness (QED) is 0.570. The molecule has 0 N–H and O–H groups in total. The van der Waals surface area contributed by atoms with Crippen molar-refractivity contribution in [3.05, 3.63) is 65.8 Å². The van der Waals surface area contributed by atoms with Gasteiger partial charge in [-0.2, -0.15) is 0 Å². The van der Waals surface area contributed by atoms with Gasteiger partial charge in [-0.25, -0.2) is 9.37 Å². The zero-order chi connectivity index (χ0) is 21.2. The van der Waals surface area contributed by atoms with Crippen molar-refractivity contribution in [1.29, 1.82) is 0 Å². The Kier molecular flexibility index (Phi) is 5.42. The Balaban J connectivity index is 1.17. The molecule has 2 aliphatic rings. The first-order chi connectivity index (χ1) is 15.2. The predicted molar refractivity (Wildman–Crippen MR) is 112 cm³/mol. The summed E-state index contributed by atoms with van der Waals surface area (Å²) in [6.45, 7) is 3.35. The van der Waals surface area contributed by atoms with E-state index in [2.05, 4.69) is 9.88 Å². The summed E-state index contributed by atoms with van der Waals surface area (Å²) in [5.74, 6) is 1.72. The molecule has 0 unspecified atom stereocenters. The molecule has 31 heavy (non-hydrogen) atoms. The van der Waals surface area contributed by atoms with E-state index >= 15 is 0 Å². The van der Waals surface area contributed by atoms with Crippen molar-refractivity contribution in [1.82, 2.24) is 9.88 Å². The highest BCUT2D eigenvalue weighted by Gasteiger charge is 2.27. The summed E-state index contributed by atoms with van der Waals surface area (Å²) >= 11 is 0. The largest absolute Gasteiger partial charge is 0.486 e. The fourth-order valence-electron chi connectivity index (χ4n) is 4.12. The number of halogens is 1. The molecule has 3 aromatic rings. The number of aromatic nitrogens is 1. The highest BCUT2D eigenvalue weighted by Crippen LogP contribution is 2.32. The lowest BCUT2D eigenvalue weighted by atomic mass is 9.88. The van der Waals surface area contributed by atoms with Gasteiger partial charge in [0.15, 0.2) is 17.3 Å². The predicted octanol–water partition coefficient (Wildman–Crippen LogP) is 4.35. The van der Waals surface area contributed by atoms with Gasteiger partial charge in [-0.1, -0.05) is 0 Å². The number of oxazole rings is 1. The van der Waals surface area contributed by atoms with Crippen LogP contribution >= 0.6 is 0 Å². The summed E-state index contributed by atoms with van der Waals surface area (Å²) in [6, 6.07) is 11.5. The molecule has 6 nitrogen and oxygen atoms in total. The molecule has 0 radical (unpaired) electrons. The third-order valence-corrected chi connectivity index (χ3v) is 5.81. The summed E-state index contributed by atoms with van der Waals surface area (Å²) in [7, 11) is 0. The molecular formula is C24H23FN2O4. The van der Waals surface area contributed by atoms with Gasteiger partial charge in [0.2, 0.25) is 5.89 Å². The molecule has 1 fully saturated rings. The zero-order valence-corrected chi connectivity index (χ0v) is 17.1. The fraction of sp³-hybridized carbons (Fsp3) is 0.333. The molecule has 3 heterocycles. The van der Waals surface area contributed by atoms with Gasteiger partial charge in [0.1, 0.15) is 25.3 Å². The van der Waals surface area contributed by atoms with Crippen LogP contribution in [0.3, 0.4) is 0 Å². The molecule has 5 rings (SSSR count). The Hall–Kier alpha value is -3.19. The molecule has 0 amide bonds. The molecule has 0 saturated carbocycles. The smallest absolute Gasteiger partial charge is 0.226 e. The van der Waals surface area contributed by atoms with Gasteiger partial charge in [0.25, 0.3) is 0 Å². The van der Waals surface area contributed by atoms with E-state index in [4.69, 9.17) is 13.9 Å². The number of likely N-dealkylation sites (tertiary alicyclic amines) is 1. The maximum absolute atomic E-state index is 13.1. The fourth-order valence-corrected chi connectivity index (χ4v) is 4.12. The van der Waals surface area contributed by atoms with Crippen molar-refractivity contribution < 1.29 is 23.1 Å². The first-order valence-electron chi connectivity index (χ1n) is 10.5. The molecule has 1 saturated heterocycles. The summed E-state index contributed by atoms with van der Waals surface area (Å²) in [5, 5.41) is 0. The normalized spacial score (nSPS) is 16.9. The first-order valence-corrected chi connectivity index (χ1v) is 10.5. The van der Waals surface area contributed by atoms with Crippen LogP contribution in [-0.2, 0) is 6.54 Å². The summed E-state index contributed by atoms with van der Waals surface area (Å²) in [5.41, 5.74) is 2.26. The van der Waals surface area contributed by atoms with Crippen molar-refractivity contribution in [2.24, 2.45) is 5.92 Å². The minimum atomic E-state index is -0.288. The van der Waals surface area contributed by atoms with Gasteiger partial charge in [0, 0.05) is 23.6 Å². The van der Waals surface area contributed by atoms with Crippen LogP contribution in [0.4, 0.5) is 4.39 Å². The number of nitrogens with zero attached hydrogens (tertiary/aromatic N) is 2. The van der Waals surface area contributed by atoms with Gasteiger partial charge in [0.05, 0.1) is 5.69 Å². The average Bonchev–Trinajstić information content (AvgIpc) is 3.27. The van der Waals surface area contributed by atoms with Crippen LogP contribution in [-0.4, -0.2) is 42.0 Å². The van der Waals surface area contributed by atoms with Crippen LogP contribution < -0.4 is 9.47 Å². The SMILES string of the molecule is O=C(c1ccc2c(c1)OCCO2)C1CCN(Cc2coc(-c3ccc(F)cc3)n2)CC1. The Morgan fingerprint density at radius 2 is 1.77 bits per heavy atom. The van der Waals surface area contributed by atoms with Crippen molar-refractivity contribution >= 4 is 5.78 Å². The Morgan fingerprint density at radius 1 is 1.03 bits per heavy atom. The van der Waals surface area contributed by atoms with E-state index in [0.717, 1.165) is 37.2 Å². The molecule has 0 atom stereocenters. The van der Waals surface area contributed by atoms with Crippen LogP contribution in [0.1, 0.15) is 28.9 Å². The van der Waals surface area contributed by atoms with Crippen LogP contribution in [0.25, 0.3) is 11.5 Å². The molecule has 0 spiro atoms. The molecule has 0 aliphatic carbocycles. The average molecular weight is 422 g/mol. The summed E-state index contributed by atoms with van der Waals surface area (Å²) in [4.78, 5) is 19.8. The number of carbonyl (C=O) groups is 1. The van der Waals surface area contributed by atoms with Gasteiger partial charge >= 0.3 is 0 Å². The number of ether oxygens (including phenoxy) is 2. The lowest BCUT2D eigenvalue weighted by Gasteiger charge is -2.30. The van der Waals surface area contributed by atoms with E-state index in [1.165, 1.54) is 12.1 Å². The highest BCUT2D eigenvalue weighted by atomic mass is 19.1. The van der Waals surface area contributed by atoms with E-state index in [1.807, 2.05) is 12.1 Å². The number of ketones is 1. The molecule has 160 valence electrons. The molecule has 7 heteroatoms. The number of piperidine rings is 1. The molecule has 0 bridgehead atoms. The molecular weight excluding hydrogens is 399 g/mol. The molecule has 1 aromatic heterocycles. The lowest BCUT2D eigenvalue weighted by Crippen LogP contribution is -2.36. The van der Waals surface area contributed by atoms with Crippen LogP contribution in [0, 0.1) is 11.7 Å². The van der Waals surface area contributed by atoms with Crippen molar-refractivity contribution in [3.63, 3.8) is 0 Å². The summed E-state index contributed by atoms with van der Waals surface area (Å²) < 4.78 is 29.8. The summed E-state index contributed by atoms with van der Waals surface area (Å²) in [6.07, 6.45) is 3.25. The van der Waals surface area contributed by atoms with Crippen molar-refractivity contribution in [2.75, 3.05) is 26.3 Å². The molecule has 2 aliphatic heterocycles. The maximum Gasteiger partial charge on any atom is 0.226 e. The molecule has 2 aromatic carbocycles. The number of benzene rings is 2. The van der Waals surface area contributed by atoms with Crippen molar-refractivity contribution in [2.45, 2.75) is 19.4 Å². The monoisotopic (exact) mass is 422 g/mol. The number of hydrogen-bond acceptors (Lipinski definition) is 6. The van der Waals surface area contributed by atoms with Gasteiger partial charge in [-0.15, -0.1) is 0 Å². The van der Waals surface area contributed by atoms with E-state index in [0.29, 0.717) is 42.7 Å². The van der Waals surface area contributed by atoms with Gasteiger partial charge in [-0.3, -0.25) is 9.69 Å². The first kappa shape index (κ1) is 19.8. The Morgan fingerprint density at radius 3 is 2.55 bits per heavy atom. The lowest BCUT2D eigenvalue weighted by molar-refractivity contribution is 0.0832. The topological polar surface area (TPSA) is 64.8 Å². The second kappa shape index (κ2) is 8.51. The highest BCUT2D eigenvalue weighted by molar-refractivity contribution is 5.98. The van der Waals surface area contributed by atoms with Crippen LogP contribution in [0.15, 0.2) is 53.1 Å². The minimum absolute atomic E-state index is 0.00546. The third kappa shape index (κ3) is 4.32. The second-order valence-corrected chi connectivity index (χ2v) is 7.92. The standard InChI is InChI=1S/C24H23FN2O4/c25-19-4-1-17(2-5-19)24-26-20(15-31-24)14-27-9-7-16(8-10-27)23(28)18-3-6-21-22(13-18)30-12-11-29-21/h1-6,13,15-16H,7-12,14H2. The van der Waals surface area contributed by atoms with Gasteiger partial charge < -0.3 is 13.9 Å². The number of hydrogen-bond donors (Lipinski definition) is 0. The van der Waals surface area contributed by atoms with E-state index in [1.54, 1.807) is 24.5 Å². The second-order valence-electron chi connectivity index (χ2n) is 7.92. The minimum Gasteiger partial charge on any atom is -0.486 e.